The average Bonchev–Trinajstić information content (AvgIpc) is 3.67. The molecule has 5 amide bonds. The maximum Gasteiger partial charge on any atom is 0.262 e. The summed E-state index contributed by atoms with van der Waals surface area (Å²) < 4.78 is 30.1. The third-order valence-electron chi connectivity index (χ3n) is 10.4. The molecule has 55 heavy (non-hydrogen) atoms. The number of alkyl halides is 1. The lowest BCUT2D eigenvalue weighted by Gasteiger charge is -2.41. The number of rotatable bonds is 13. The maximum absolute atomic E-state index is 15.2. The molecular formula is C38H36FN9O7. The number of aromatic nitrogens is 5. The van der Waals surface area contributed by atoms with Crippen molar-refractivity contribution in [3.8, 4) is 5.75 Å². The van der Waals surface area contributed by atoms with Crippen LogP contribution in [0.2, 0.25) is 0 Å². The lowest BCUT2D eigenvalue weighted by molar-refractivity contribution is -0.136. The fourth-order valence-corrected chi connectivity index (χ4v) is 7.24. The summed E-state index contributed by atoms with van der Waals surface area (Å²) in [6, 6.07) is 9.25. The quantitative estimate of drug-likeness (QED) is 0.169. The number of nitrogens with one attached hydrogen (secondary N) is 2. The fourth-order valence-electron chi connectivity index (χ4n) is 7.24. The summed E-state index contributed by atoms with van der Waals surface area (Å²) in [5, 5.41) is 14.6. The van der Waals surface area contributed by atoms with Crippen LogP contribution >= 0.6 is 0 Å². The van der Waals surface area contributed by atoms with E-state index in [1.807, 2.05) is 4.90 Å². The van der Waals surface area contributed by atoms with Crippen LogP contribution in [0.4, 0.5) is 15.8 Å². The van der Waals surface area contributed by atoms with E-state index in [0.29, 0.717) is 65.8 Å². The molecule has 3 fully saturated rings. The van der Waals surface area contributed by atoms with Gasteiger partial charge in [0.1, 0.15) is 23.5 Å². The first-order valence-electron chi connectivity index (χ1n) is 18.2. The highest BCUT2D eigenvalue weighted by atomic mass is 19.1. The number of ether oxygens (including phenoxy) is 2. The van der Waals surface area contributed by atoms with Crippen LogP contribution in [0.3, 0.4) is 0 Å². The predicted molar refractivity (Wildman–Crippen MR) is 193 cm³/mol. The standard InChI is InChI=1S/C38H36FN9O7/c39-24(20-54-18-22-14-45(15-22)25-4-5-26-27(11-25)38(53)48(37(26)52)31-6-7-33(49)43-36(31)51)17-46-16-23-10-30(32(12-29(23)44-46)55-19-21-2-3-21)42-35(50)28-13-41-47-9-1-8-40-34(28)47/h1,4-5,8-13,16,21-22,24,31H,2-3,6-7,14-15,17-20H2,(H,42,50)(H,43,49,51)/t24-,31?/m1/s1. The molecule has 17 heteroatoms. The molecule has 2 saturated heterocycles. The van der Waals surface area contributed by atoms with Gasteiger partial charge in [0.25, 0.3) is 17.7 Å². The molecule has 2 atom stereocenters. The van der Waals surface area contributed by atoms with Crippen LogP contribution in [-0.2, 0) is 20.9 Å². The molecule has 6 heterocycles. The Morgan fingerprint density at radius 3 is 2.67 bits per heavy atom. The van der Waals surface area contributed by atoms with Gasteiger partial charge in [0.2, 0.25) is 11.8 Å². The van der Waals surface area contributed by atoms with Gasteiger partial charge in [-0.05, 0) is 55.5 Å². The minimum Gasteiger partial charge on any atom is -0.491 e. The Balaban J connectivity index is 0.784. The Hall–Kier alpha value is -6.23. The summed E-state index contributed by atoms with van der Waals surface area (Å²) in [7, 11) is 0. The number of carbonyl (C=O) groups excluding carboxylic acids is 5. The first-order chi connectivity index (χ1) is 26.7. The van der Waals surface area contributed by atoms with E-state index in [-0.39, 0.29) is 48.9 Å². The van der Waals surface area contributed by atoms with Gasteiger partial charge in [-0.15, -0.1) is 0 Å². The van der Waals surface area contributed by atoms with E-state index in [2.05, 4.69) is 25.8 Å². The van der Waals surface area contributed by atoms with Gasteiger partial charge in [-0.3, -0.25) is 38.9 Å². The van der Waals surface area contributed by atoms with Crippen LogP contribution in [-0.4, -0.2) is 104 Å². The van der Waals surface area contributed by atoms with Crippen molar-refractivity contribution in [2.24, 2.45) is 11.8 Å². The van der Waals surface area contributed by atoms with Crippen molar-refractivity contribution in [3.05, 3.63) is 77.9 Å². The molecule has 0 bridgehead atoms. The van der Waals surface area contributed by atoms with E-state index in [9.17, 15) is 24.0 Å². The molecule has 0 spiro atoms. The van der Waals surface area contributed by atoms with E-state index in [1.54, 1.807) is 55.0 Å². The third-order valence-corrected chi connectivity index (χ3v) is 10.4. The molecule has 1 saturated carbocycles. The second-order valence-electron chi connectivity index (χ2n) is 14.5. The first kappa shape index (κ1) is 34.5. The summed E-state index contributed by atoms with van der Waals surface area (Å²) in [6.45, 7) is 1.96. The van der Waals surface area contributed by atoms with Crippen molar-refractivity contribution in [2.45, 2.75) is 44.4 Å². The molecule has 1 unspecified atom stereocenters. The minimum atomic E-state index is -1.33. The van der Waals surface area contributed by atoms with Gasteiger partial charge in [-0.2, -0.15) is 10.2 Å². The molecule has 1 aliphatic carbocycles. The zero-order valence-electron chi connectivity index (χ0n) is 29.5. The number of piperidine rings is 1. The predicted octanol–water partition coefficient (Wildman–Crippen LogP) is 3.01. The highest BCUT2D eigenvalue weighted by Crippen LogP contribution is 2.35. The summed E-state index contributed by atoms with van der Waals surface area (Å²) in [6.07, 6.45) is 7.51. The van der Waals surface area contributed by atoms with Gasteiger partial charge < -0.3 is 19.7 Å². The van der Waals surface area contributed by atoms with Crippen LogP contribution in [0.5, 0.6) is 5.75 Å². The Morgan fingerprint density at radius 2 is 1.85 bits per heavy atom. The monoisotopic (exact) mass is 749 g/mol. The SMILES string of the molecule is O=C1CCC(N2C(=O)c3ccc(N4CC(COC[C@H](F)Cn5cc6cc(NC(=O)c7cnn8cccnc78)c(OCC7CC7)cc6n5)C4)cc3C2=O)C(=O)N1. The lowest BCUT2D eigenvalue weighted by atomic mass is 9.99. The van der Waals surface area contributed by atoms with Crippen molar-refractivity contribution in [3.63, 3.8) is 0 Å². The average molecular weight is 750 g/mol. The number of hydrogen-bond acceptors (Lipinski definition) is 11. The van der Waals surface area contributed by atoms with Gasteiger partial charge in [-0.1, -0.05) is 0 Å². The molecule has 4 aliphatic rings. The molecule has 9 rings (SSSR count). The molecule has 3 aliphatic heterocycles. The number of benzene rings is 2. The highest BCUT2D eigenvalue weighted by molar-refractivity contribution is 6.23. The summed E-state index contributed by atoms with van der Waals surface area (Å²) in [5.41, 5.74) is 3.02. The van der Waals surface area contributed by atoms with Crippen molar-refractivity contribution in [1.29, 1.82) is 0 Å². The number of anilines is 2. The normalized spacial score (nSPS) is 19.2. The molecular weight excluding hydrogens is 713 g/mol. The Kier molecular flexibility index (Phi) is 8.71. The van der Waals surface area contributed by atoms with Crippen LogP contribution < -0.4 is 20.3 Å². The molecule has 0 radical (unpaired) electrons. The van der Waals surface area contributed by atoms with Gasteiger partial charge in [-0.25, -0.2) is 13.9 Å². The topological polar surface area (TPSA) is 182 Å². The Bertz CT molecular complexity index is 2380. The van der Waals surface area contributed by atoms with E-state index >= 15 is 4.39 Å². The van der Waals surface area contributed by atoms with E-state index in [1.165, 1.54) is 15.4 Å². The number of carbonyl (C=O) groups is 5. The van der Waals surface area contributed by atoms with Crippen LogP contribution in [0.1, 0.15) is 56.8 Å². The first-order valence-corrected chi connectivity index (χ1v) is 18.2. The number of imide groups is 2. The number of hydrogen-bond donors (Lipinski definition) is 2. The smallest absolute Gasteiger partial charge is 0.262 e. The number of fused-ring (bicyclic) bond motifs is 3. The molecule has 2 aromatic carbocycles. The van der Waals surface area contributed by atoms with E-state index in [4.69, 9.17) is 9.47 Å². The summed E-state index contributed by atoms with van der Waals surface area (Å²) in [5.74, 6) is -1.46. The summed E-state index contributed by atoms with van der Waals surface area (Å²) >= 11 is 0. The molecule has 5 aromatic rings. The van der Waals surface area contributed by atoms with Crippen LogP contribution in [0, 0.1) is 11.8 Å². The maximum atomic E-state index is 15.2. The second-order valence-corrected chi connectivity index (χ2v) is 14.5. The molecule has 2 N–H and O–H groups in total. The number of amides is 5. The largest absolute Gasteiger partial charge is 0.491 e. The Labute approximate surface area is 312 Å². The van der Waals surface area contributed by atoms with Gasteiger partial charge in [0.15, 0.2) is 5.65 Å². The third kappa shape index (κ3) is 6.75. The minimum absolute atomic E-state index is 0.0305. The Morgan fingerprint density at radius 1 is 1.02 bits per heavy atom. The van der Waals surface area contributed by atoms with Crippen molar-refractivity contribution >= 4 is 57.5 Å². The zero-order chi connectivity index (χ0) is 37.8. The molecule has 282 valence electrons. The highest BCUT2D eigenvalue weighted by Gasteiger charge is 2.45. The van der Waals surface area contributed by atoms with Crippen molar-refractivity contribution in [1.82, 2.24) is 34.6 Å². The van der Waals surface area contributed by atoms with E-state index < -0.39 is 35.8 Å². The second kappa shape index (κ2) is 13.9. The van der Waals surface area contributed by atoms with Crippen molar-refractivity contribution < 1.29 is 37.8 Å². The van der Waals surface area contributed by atoms with Gasteiger partial charge in [0.05, 0.1) is 54.9 Å². The van der Waals surface area contributed by atoms with Gasteiger partial charge in [0, 0.05) is 61.2 Å². The number of nitrogens with zero attached hydrogens (tertiary/aromatic N) is 7. The fraction of sp³-hybridized carbons (Fsp3) is 0.368. The van der Waals surface area contributed by atoms with Crippen molar-refractivity contribution in [2.75, 3.05) is 43.1 Å². The van der Waals surface area contributed by atoms with Gasteiger partial charge >= 0.3 is 0 Å². The lowest BCUT2D eigenvalue weighted by Crippen LogP contribution is -2.54. The van der Waals surface area contributed by atoms with Crippen LogP contribution in [0.15, 0.2) is 61.2 Å². The molecule has 3 aromatic heterocycles. The molecule has 16 nitrogen and oxygen atoms in total. The van der Waals surface area contributed by atoms with Crippen LogP contribution in [0.25, 0.3) is 16.6 Å². The summed E-state index contributed by atoms with van der Waals surface area (Å²) in [4.78, 5) is 70.7. The van der Waals surface area contributed by atoms with E-state index in [0.717, 1.165) is 23.4 Å². The number of halogens is 1. The zero-order valence-corrected chi connectivity index (χ0v) is 29.5.